The lowest BCUT2D eigenvalue weighted by atomic mass is 10.1. The average Bonchev–Trinajstić information content (AvgIpc) is 2.39. The van der Waals surface area contributed by atoms with Gasteiger partial charge in [0.2, 0.25) is 0 Å². The molecule has 0 bridgehead atoms. The van der Waals surface area contributed by atoms with E-state index < -0.39 is 0 Å². The maximum atomic E-state index is 12.9. The van der Waals surface area contributed by atoms with Crippen LogP contribution in [0.25, 0.3) is 22.2 Å². The fraction of sp³-hybridized carbons (Fsp3) is 0. The van der Waals surface area contributed by atoms with Crippen molar-refractivity contribution in [2.75, 3.05) is 0 Å². The predicted molar refractivity (Wildman–Crippen MR) is 69.9 cm³/mol. The highest BCUT2D eigenvalue weighted by atomic mass is 35.5. The minimum Gasteiger partial charge on any atom is -0.237 e. The predicted octanol–water partition coefficient (Wildman–Crippen LogP) is 4.09. The van der Waals surface area contributed by atoms with E-state index >= 15 is 0 Å². The molecule has 0 amide bonds. The van der Waals surface area contributed by atoms with Crippen LogP contribution in [0.15, 0.2) is 48.7 Å². The summed E-state index contributed by atoms with van der Waals surface area (Å²) in [5.41, 5.74) is 2.21. The molecule has 88 valence electrons. The van der Waals surface area contributed by atoms with Gasteiger partial charge in [-0.25, -0.2) is 14.4 Å². The molecule has 0 N–H and O–H groups in total. The van der Waals surface area contributed by atoms with Crippen LogP contribution in [-0.2, 0) is 0 Å². The van der Waals surface area contributed by atoms with E-state index in [1.807, 2.05) is 18.2 Å². The summed E-state index contributed by atoms with van der Waals surface area (Å²) < 4.78 is 12.9. The van der Waals surface area contributed by atoms with Crippen LogP contribution in [0.5, 0.6) is 0 Å². The van der Waals surface area contributed by atoms with Crippen molar-refractivity contribution in [2.45, 2.75) is 0 Å². The molecular weight excluding hydrogens is 251 g/mol. The fourth-order valence-electron chi connectivity index (χ4n) is 1.82. The zero-order valence-electron chi connectivity index (χ0n) is 9.27. The molecule has 0 aliphatic rings. The molecule has 18 heavy (non-hydrogen) atoms. The first-order valence-electron chi connectivity index (χ1n) is 5.41. The Labute approximate surface area is 108 Å². The third kappa shape index (κ3) is 1.93. The minimum absolute atomic E-state index is 0.273. The molecule has 0 radical (unpaired) electrons. The Morgan fingerprint density at radius 2 is 1.83 bits per heavy atom. The van der Waals surface area contributed by atoms with Gasteiger partial charge in [-0.05, 0) is 35.9 Å². The van der Waals surface area contributed by atoms with Crippen molar-refractivity contribution in [3.05, 3.63) is 59.6 Å². The highest BCUT2D eigenvalue weighted by Gasteiger charge is 2.07. The van der Waals surface area contributed by atoms with Crippen LogP contribution in [0.4, 0.5) is 4.39 Å². The molecule has 0 unspecified atom stereocenters. The van der Waals surface area contributed by atoms with Crippen LogP contribution < -0.4 is 0 Å². The standard InChI is InChI=1S/C14H8ClFN2/c15-13-12(9-3-5-11(16)6-4-9)8-10-2-1-7-17-14(10)18-13/h1-8H. The first kappa shape index (κ1) is 11.1. The van der Waals surface area contributed by atoms with E-state index in [0.717, 1.165) is 16.5 Å². The molecule has 0 aliphatic carbocycles. The minimum atomic E-state index is -0.273. The number of halogens is 2. The smallest absolute Gasteiger partial charge is 0.160 e. The summed E-state index contributed by atoms with van der Waals surface area (Å²) in [6, 6.07) is 11.8. The Morgan fingerprint density at radius 1 is 1.06 bits per heavy atom. The van der Waals surface area contributed by atoms with Gasteiger partial charge in [-0.2, -0.15) is 0 Å². The second-order valence-electron chi connectivity index (χ2n) is 3.88. The summed E-state index contributed by atoms with van der Waals surface area (Å²) in [6.07, 6.45) is 1.67. The number of fused-ring (bicyclic) bond motifs is 1. The topological polar surface area (TPSA) is 25.8 Å². The van der Waals surface area contributed by atoms with Gasteiger partial charge in [-0.1, -0.05) is 23.7 Å². The maximum Gasteiger partial charge on any atom is 0.160 e. The second kappa shape index (κ2) is 4.35. The van der Waals surface area contributed by atoms with Crippen LogP contribution in [0.3, 0.4) is 0 Å². The lowest BCUT2D eigenvalue weighted by Crippen LogP contribution is -1.88. The van der Waals surface area contributed by atoms with Crippen LogP contribution in [0.1, 0.15) is 0 Å². The number of hydrogen-bond acceptors (Lipinski definition) is 2. The third-order valence-corrected chi connectivity index (χ3v) is 2.99. The third-order valence-electron chi connectivity index (χ3n) is 2.70. The van der Waals surface area contributed by atoms with Crippen LogP contribution in [0, 0.1) is 5.82 Å². The first-order valence-corrected chi connectivity index (χ1v) is 5.79. The van der Waals surface area contributed by atoms with Crippen LogP contribution >= 0.6 is 11.6 Å². The van der Waals surface area contributed by atoms with E-state index in [0.29, 0.717) is 10.8 Å². The molecule has 3 rings (SSSR count). The van der Waals surface area contributed by atoms with E-state index in [4.69, 9.17) is 11.6 Å². The molecule has 2 nitrogen and oxygen atoms in total. The lowest BCUT2D eigenvalue weighted by Gasteiger charge is -2.05. The Balaban J connectivity index is 2.22. The summed E-state index contributed by atoms with van der Waals surface area (Å²) in [4.78, 5) is 8.37. The SMILES string of the molecule is Fc1ccc(-c2cc3cccnc3nc2Cl)cc1. The van der Waals surface area contributed by atoms with E-state index in [1.165, 1.54) is 12.1 Å². The molecule has 0 saturated carbocycles. The monoisotopic (exact) mass is 258 g/mol. The zero-order valence-corrected chi connectivity index (χ0v) is 10.0. The van der Waals surface area contributed by atoms with Crippen molar-refractivity contribution in [1.29, 1.82) is 0 Å². The summed E-state index contributed by atoms with van der Waals surface area (Å²) >= 11 is 6.13. The van der Waals surface area contributed by atoms with Crippen molar-refractivity contribution < 1.29 is 4.39 Å². The molecule has 1 aromatic carbocycles. The zero-order chi connectivity index (χ0) is 12.5. The van der Waals surface area contributed by atoms with Crippen LogP contribution in [0.2, 0.25) is 5.15 Å². The number of pyridine rings is 2. The van der Waals surface area contributed by atoms with Crippen molar-refractivity contribution in [3.63, 3.8) is 0 Å². The van der Waals surface area contributed by atoms with Gasteiger partial charge in [-0.3, -0.25) is 0 Å². The summed E-state index contributed by atoms with van der Waals surface area (Å²) in [6.45, 7) is 0. The first-order chi connectivity index (χ1) is 8.74. The molecular formula is C14H8ClFN2. The highest BCUT2D eigenvalue weighted by molar-refractivity contribution is 6.32. The van der Waals surface area contributed by atoms with Crippen molar-refractivity contribution in [2.24, 2.45) is 0 Å². The van der Waals surface area contributed by atoms with Crippen LogP contribution in [-0.4, -0.2) is 9.97 Å². The van der Waals surface area contributed by atoms with Gasteiger partial charge in [0.25, 0.3) is 0 Å². The molecule has 2 heterocycles. The van der Waals surface area contributed by atoms with Gasteiger partial charge in [0, 0.05) is 17.1 Å². The van der Waals surface area contributed by atoms with Crippen molar-refractivity contribution in [3.8, 4) is 11.1 Å². The fourth-order valence-corrected chi connectivity index (χ4v) is 2.06. The molecule has 0 aliphatic heterocycles. The maximum absolute atomic E-state index is 12.9. The van der Waals surface area contributed by atoms with Crippen molar-refractivity contribution >= 4 is 22.6 Å². The lowest BCUT2D eigenvalue weighted by molar-refractivity contribution is 0.628. The number of aromatic nitrogens is 2. The van der Waals surface area contributed by atoms with Gasteiger partial charge in [-0.15, -0.1) is 0 Å². The van der Waals surface area contributed by atoms with Gasteiger partial charge in [0.15, 0.2) is 5.65 Å². The molecule has 0 fully saturated rings. The number of nitrogens with zero attached hydrogens (tertiary/aromatic N) is 2. The Bertz CT molecular complexity index is 711. The molecule has 3 aromatic rings. The quantitative estimate of drug-likeness (QED) is 0.615. The summed E-state index contributed by atoms with van der Waals surface area (Å²) in [7, 11) is 0. The summed E-state index contributed by atoms with van der Waals surface area (Å²) in [5, 5.41) is 1.27. The average molecular weight is 259 g/mol. The largest absolute Gasteiger partial charge is 0.237 e. The normalized spacial score (nSPS) is 10.8. The highest BCUT2D eigenvalue weighted by Crippen LogP contribution is 2.29. The molecule has 2 aromatic heterocycles. The molecule has 0 saturated heterocycles. The van der Waals surface area contributed by atoms with E-state index in [9.17, 15) is 4.39 Å². The molecule has 4 heteroatoms. The number of benzene rings is 1. The van der Waals surface area contributed by atoms with E-state index in [-0.39, 0.29) is 5.82 Å². The van der Waals surface area contributed by atoms with Gasteiger partial charge >= 0.3 is 0 Å². The molecule has 0 spiro atoms. The Hall–Kier alpha value is -2.00. The number of rotatable bonds is 1. The van der Waals surface area contributed by atoms with Gasteiger partial charge in [0.05, 0.1) is 0 Å². The summed E-state index contributed by atoms with van der Waals surface area (Å²) in [5.74, 6) is -0.273. The van der Waals surface area contributed by atoms with Gasteiger partial charge in [0.1, 0.15) is 11.0 Å². The van der Waals surface area contributed by atoms with E-state index in [1.54, 1.807) is 18.3 Å². The van der Waals surface area contributed by atoms with Gasteiger partial charge < -0.3 is 0 Å². The Kier molecular flexibility index (Phi) is 2.68. The number of hydrogen-bond donors (Lipinski definition) is 0. The Morgan fingerprint density at radius 3 is 2.61 bits per heavy atom. The molecule has 0 atom stereocenters. The van der Waals surface area contributed by atoms with Crippen molar-refractivity contribution in [1.82, 2.24) is 9.97 Å². The second-order valence-corrected chi connectivity index (χ2v) is 4.24. The van der Waals surface area contributed by atoms with E-state index in [2.05, 4.69) is 9.97 Å².